The molecule has 1 aliphatic rings. The molecule has 1 unspecified atom stereocenters. The Hall–Kier alpha value is -0.330. The molecule has 0 heterocycles. The van der Waals surface area contributed by atoms with Crippen molar-refractivity contribution < 1.29 is 4.39 Å². The van der Waals surface area contributed by atoms with Gasteiger partial charge in [-0.15, -0.1) is 0 Å². The number of hydrogen-bond donors (Lipinski definition) is 0. The van der Waals surface area contributed by atoms with E-state index in [1.54, 1.807) is 6.08 Å². The molecule has 0 aromatic heterocycles. The van der Waals surface area contributed by atoms with Crippen molar-refractivity contribution in [1.29, 1.82) is 0 Å². The highest BCUT2D eigenvalue weighted by molar-refractivity contribution is 5.11. The molecule has 0 spiro atoms. The molecule has 0 amide bonds. The van der Waals surface area contributed by atoms with E-state index in [-0.39, 0.29) is 11.7 Å². The second-order valence-corrected chi connectivity index (χ2v) is 4.51. The molecule has 0 radical (unpaired) electrons. The lowest BCUT2D eigenvalue weighted by molar-refractivity contribution is 0.505. The van der Waals surface area contributed by atoms with Crippen molar-refractivity contribution in [3.05, 3.63) is 11.9 Å². The van der Waals surface area contributed by atoms with Crippen LogP contribution in [0.3, 0.4) is 0 Å². The van der Waals surface area contributed by atoms with Crippen LogP contribution in [-0.2, 0) is 0 Å². The predicted octanol–water partition coefficient (Wildman–Crippen LogP) is 3.54. The van der Waals surface area contributed by atoms with Crippen LogP contribution in [0, 0.1) is 17.3 Å². The molecule has 0 bridgehead atoms. The normalized spacial score (nSPS) is 29.3. The molecule has 0 aromatic rings. The van der Waals surface area contributed by atoms with Crippen molar-refractivity contribution >= 4 is 0 Å². The van der Waals surface area contributed by atoms with E-state index >= 15 is 0 Å². The van der Waals surface area contributed by atoms with Gasteiger partial charge in [-0.1, -0.05) is 27.7 Å². The highest BCUT2D eigenvalue weighted by Crippen LogP contribution is 2.53. The Morgan fingerprint density at radius 3 is 2.27 bits per heavy atom. The third-order valence-corrected chi connectivity index (χ3v) is 2.50. The van der Waals surface area contributed by atoms with Crippen LogP contribution in [0.5, 0.6) is 0 Å². The van der Waals surface area contributed by atoms with Gasteiger partial charge in [0.2, 0.25) is 0 Å². The Labute approximate surface area is 68.5 Å². The summed E-state index contributed by atoms with van der Waals surface area (Å²) in [6.07, 6.45) is 2.94. The summed E-state index contributed by atoms with van der Waals surface area (Å²) in [5, 5.41) is 0. The largest absolute Gasteiger partial charge is 0.212 e. The molecular weight excluding hydrogens is 139 g/mol. The number of halogens is 1. The van der Waals surface area contributed by atoms with E-state index < -0.39 is 0 Å². The Morgan fingerprint density at radius 2 is 2.00 bits per heavy atom. The van der Waals surface area contributed by atoms with Gasteiger partial charge in [0.05, 0.1) is 5.83 Å². The zero-order chi connectivity index (χ0) is 8.65. The van der Waals surface area contributed by atoms with Crippen LogP contribution >= 0.6 is 0 Å². The second kappa shape index (κ2) is 2.62. The molecule has 0 saturated heterocycles. The van der Waals surface area contributed by atoms with Crippen LogP contribution < -0.4 is 0 Å². The van der Waals surface area contributed by atoms with E-state index in [2.05, 4.69) is 13.8 Å². The lowest BCUT2D eigenvalue weighted by Crippen LogP contribution is -1.91. The highest BCUT2D eigenvalue weighted by Gasteiger charge is 2.44. The summed E-state index contributed by atoms with van der Waals surface area (Å²) in [6, 6.07) is 0. The van der Waals surface area contributed by atoms with Crippen LogP contribution in [0.15, 0.2) is 11.9 Å². The van der Waals surface area contributed by atoms with E-state index in [0.717, 1.165) is 6.42 Å². The summed E-state index contributed by atoms with van der Waals surface area (Å²) < 4.78 is 13.0. The molecule has 1 rings (SSSR count). The summed E-state index contributed by atoms with van der Waals surface area (Å²) in [6.45, 7) is 8.14. The van der Waals surface area contributed by atoms with Crippen LogP contribution in [0.25, 0.3) is 0 Å². The highest BCUT2D eigenvalue weighted by atomic mass is 19.1. The molecule has 1 atom stereocenters. The van der Waals surface area contributed by atoms with E-state index in [9.17, 15) is 4.39 Å². The maximum absolute atomic E-state index is 13.0. The van der Waals surface area contributed by atoms with E-state index in [1.807, 2.05) is 13.8 Å². The first-order valence-corrected chi connectivity index (χ1v) is 4.30. The van der Waals surface area contributed by atoms with Crippen molar-refractivity contribution in [3.63, 3.8) is 0 Å². The third kappa shape index (κ3) is 2.05. The molecule has 1 fully saturated rings. The van der Waals surface area contributed by atoms with E-state index in [0.29, 0.717) is 11.3 Å². The quantitative estimate of drug-likeness (QED) is 0.573. The van der Waals surface area contributed by atoms with Gasteiger partial charge in [0.25, 0.3) is 0 Å². The monoisotopic (exact) mass is 156 g/mol. The maximum Gasteiger partial charge on any atom is 0.0988 e. The molecule has 11 heavy (non-hydrogen) atoms. The van der Waals surface area contributed by atoms with Crippen LogP contribution in [0.1, 0.15) is 34.1 Å². The Bertz CT molecular complexity index is 177. The summed E-state index contributed by atoms with van der Waals surface area (Å²) in [7, 11) is 0. The molecular formula is C10H17F. The molecule has 0 aliphatic heterocycles. The molecule has 1 saturated carbocycles. The fourth-order valence-corrected chi connectivity index (χ4v) is 1.18. The van der Waals surface area contributed by atoms with Gasteiger partial charge in [0.1, 0.15) is 0 Å². The van der Waals surface area contributed by atoms with Gasteiger partial charge in [-0.25, -0.2) is 4.39 Å². The van der Waals surface area contributed by atoms with Gasteiger partial charge in [0.15, 0.2) is 0 Å². The average Bonchev–Trinajstić information content (AvgIpc) is 2.39. The minimum atomic E-state index is 0.0561. The van der Waals surface area contributed by atoms with Gasteiger partial charge in [-0.3, -0.25) is 0 Å². The topological polar surface area (TPSA) is 0 Å². The number of rotatable bonds is 2. The summed E-state index contributed by atoms with van der Waals surface area (Å²) >= 11 is 0. The Balaban J connectivity index is 2.49. The number of hydrogen-bond acceptors (Lipinski definition) is 0. The average molecular weight is 156 g/mol. The second-order valence-electron chi connectivity index (χ2n) is 4.51. The van der Waals surface area contributed by atoms with Gasteiger partial charge in [0, 0.05) is 5.92 Å². The minimum absolute atomic E-state index is 0.0561. The van der Waals surface area contributed by atoms with Crippen molar-refractivity contribution in [3.8, 4) is 0 Å². The fourth-order valence-electron chi connectivity index (χ4n) is 1.18. The minimum Gasteiger partial charge on any atom is -0.212 e. The van der Waals surface area contributed by atoms with Crippen LogP contribution in [0.4, 0.5) is 4.39 Å². The molecule has 1 aliphatic carbocycles. The van der Waals surface area contributed by atoms with E-state index in [1.165, 1.54) is 0 Å². The van der Waals surface area contributed by atoms with Gasteiger partial charge >= 0.3 is 0 Å². The Morgan fingerprint density at radius 1 is 1.55 bits per heavy atom. The summed E-state index contributed by atoms with van der Waals surface area (Å²) in [4.78, 5) is 0. The summed E-state index contributed by atoms with van der Waals surface area (Å²) in [5.41, 5.74) is 0.367. The molecule has 0 nitrogen and oxygen atoms in total. The van der Waals surface area contributed by atoms with Gasteiger partial charge < -0.3 is 0 Å². The summed E-state index contributed by atoms with van der Waals surface area (Å²) in [5.74, 6) is 0.608. The van der Waals surface area contributed by atoms with Crippen molar-refractivity contribution in [2.75, 3.05) is 0 Å². The smallest absolute Gasteiger partial charge is 0.0988 e. The zero-order valence-electron chi connectivity index (χ0n) is 7.82. The SMILES string of the molecule is CC(C)C(F)=CC1CC1(C)C. The molecule has 0 N–H and O–H groups in total. The van der Waals surface area contributed by atoms with Gasteiger partial charge in [-0.2, -0.15) is 0 Å². The molecule has 1 heteroatoms. The number of allylic oxidation sites excluding steroid dienone is 2. The first kappa shape index (κ1) is 8.76. The van der Waals surface area contributed by atoms with Crippen LogP contribution in [0.2, 0.25) is 0 Å². The fraction of sp³-hybridized carbons (Fsp3) is 0.800. The van der Waals surface area contributed by atoms with Gasteiger partial charge in [-0.05, 0) is 23.8 Å². The zero-order valence-corrected chi connectivity index (χ0v) is 7.82. The van der Waals surface area contributed by atoms with Crippen molar-refractivity contribution in [2.24, 2.45) is 17.3 Å². The Kier molecular flexibility index (Phi) is 2.08. The maximum atomic E-state index is 13.0. The lowest BCUT2D eigenvalue weighted by atomic mass is 10.1. The third-order valence-electron chi connectivity index (χ3n) is 2.50. The van der Waals surface area contributed by atoms with E-state index in [4.69, 9.17) is 0 Å². The standard InChI is InChI=1S/C10H17F/c1-7(2)9(11)5-8-6-10(8,3)4/h5,7-8H,6H2,1-4H3. The van der Waals surface area contributed by atoms with Crippen molar-refractivity contribution in [2.45, 2.75) is 34.1 Å². The molecule has 64 valence electrons. The lowest BCUT2D eigenvalue weighted by Gasteiger charge is -2.01. The first-order chi connectivity index (χ1) is 4.93. The van der Waals surface area contributed by atoms with Crippen LogP contribution in [-0.4, -0.2) is 0 Å². The van der Waals surface area contributed by atoms with Crippen molar-refractivity contribution in [1.82, 2.24) is 0 Å². The first-order valence-electron chi connectivity index (χ1n) is 4.30. The molecule has 0 aromatic carbocycles. The predicted molar refractivity (Wildman–Crippen MR) is 45.9 cm³/mol.